The maximum absolute atomic E-state index is 10.6. The molecule has 0 saturated heterocycles. The fourth-order valence-electron chi connectivity index (χ4n) is 2.00. The molecule has 0 bridgehead atoms. The predicted molar refractivity (Wildman–Crippen MR) is 84.6 cm³/mol. The van der Waals surface area contributed by atoms with Crippen molar-refractivity contribution in [3.63, 3.8) is 0 Å². The van der Waals surface area contributed by atoms with Crippen molar-refractivity contribution in [3.05, 3.63) is 57.6 Å². The molecule has 24 heavy (non-hydrogen) atoms. The summed E-state index contributed by atoms with van der Waals surface area (Å²) in [6.07, 6.45) is 0. The zero-order valence-electron chi connectivity index (χ0n) is 12.4. The summed E-state index contributed by atoms with van der Waals surface area (Å²) in [5, 5.41) is 39.6. The number of hydrogen-bond acceptors (Lipinski definition) is 7. The third kappa shape index (κ3) is 3.70. The molecular weight excluding hydrogens is 312 g/mol. The van der Waals surface area contributed by atoms with Gasteiger partial charge in [-0.3, -0.25) is 10.1 Å². The quantitative estimate of drug-likeness (QED) is 0.608. The highest BCUT2D eigenvalue weighted by atomic mass is 16.6. The van der Waals surface area contributed by atoms with Gasteiger partial charge >= 0.3 is 0 Å². The second-order valence-corrected chi connectivity index (χ2v) is 4.64. The lowest BCUT2D eigenvalue weighted by atomic mass is 10.1. The molecule has 3 rings (SSSR count). The molecule has 8 heteroatoms. The molecule has 0 amide bonds. The van der Waals surface area contributed by atoms with E-state index in [1.807, 2.05) is 12.1 Å². The van der Waals surface area contributed by atoms with E-state index in [1.54, 1.807) is 18.2 Å². The van der Waals surface area contributed by atoms with Gasteiger partial charge in [0.05, 0.1) is 16.2 Å². The largest absolute Gasteiger partial charge is 0.507 e. The summed E-state index contributed by atoms with van der Waals surface area (Å²) in [6, 6.07) is 12.7. The van der Waals surface area contributed by atoms with Crippen LogP contribution in [0.15, 0.2) is 36.4 Å². The number of benzene rings is 2. The highest BCUT2D eigenvalue weighted by Crippen LogP contribution is 2.34. The predicted octanol–water partition coefficient (Wildman–Crippen LogP) is 2.53. The topological polar surface area (TPSA) is 132 Å². The summed E-state index contributed by atoms with van der Waals surface area (Å²) < 4.78 is 5.27. The Kier molecular flexibility index (Phi) is 5.17. The summed E-state index contributed by atoms with van der Waals surface area (Å²) in [7, 11) is 0. The lowest BCUT2D eigenvalue weighted by Crippen LogP contribution is -2.19. The number of phenolic OH excluding ortho intramolecular Hbond substituents is 1. The fourth-order valence-corrected chi connectivity index (χ4v) is 2.00. The van der Waals surface area contributed by atoms with Gasteiger partial charge in [-0.1, -0.05) is 12.1 Å². The Hall–Kier alpha value is -3.78. The minimum Gasteiger partial charge on any atom is -0.507 e. The number of hydrogen-bond donors (Lipinski definition) is 2. The van der Waals surface area contributed by atoms with Crippen LogP contribution in [0.3, 0.4) is 0 Å². The first-order chi connectivity index (χ1) is 11.6. The molecule has 120 valence electrons. The molecule has 1 heterocycles. The number of anilines is 1. The van der Waals surface area contributed by atoms with Gasteiger partial charge < -0.3 is 15.2 Å². The summed E-state index contributed by atoms with van der Waals surface area (Å²) in [5.74, 6) is 0.439. The molecule has 0 fully saturated rings. The Balaban J connectivity index is 0.000000198. The van der Waals surface area contributed by atoms with Gasteiger partial charge in [-0.15, -0.1) is 0 Å². The molecule has 0 aliphatic carbocycles. The molecule has 2 N–H and O–H groups in total. The standard InChI is InChI=1S/C9H7N3O3.C7H5NO/c10-5-6-3-7(12(13)14)4-8-9(6)15-2-1-11-8;8-5-6-3-1-2-4-7(6)9/h3-4,11H,1-2H2;1-4,9H. The third-order valence-electron chi connectivity index (χ3n) is 3.09. The summed E-state index contributed by atoms with van der Waals surface area (Å²) >= 11 is 0. The van der Waals surface area contributed by atoms with E-state index in [1.165, 1.54) is 18.2 Å². The van der Waals surface area contributed by atoms with Crippen LogP contribution in [0.2, 0.25) is 0 Å². The minimum absolute atomic E-state index is 0.0417. The molecule has 0 unspecified atom stereocenters. The number of nitrogens with one attached hydrogen (secondary N) is 1. The van der Waals surface area contributed by atoms with Gasteiger partial charge in [-0.2, -0.15) is 10.5 Å². The van der Waals surface area contributed by atoms with Crippen molar-refractivity contribution in [2.24, 2.45) is 0 Å². The molecule has 8 nitrogen and oxygen atoms in total. The highest BCUT2D eigenvalue weighted by molar-refractivity contribution is 5.69. The van der Waals surface area contributed by atoms with Crippen LogP contribution in [-0.2, 0) is 0 Å². The van der Waals surface area contributed by atoms with E-state index >= 15 is 0 Å². The molecule has 1 aliphatic heterocycles. The van der Waals surface area contributed by atoms with Gasteiger partial charge in [0, 0.05) is 18.7 Å². The SMILES string of the molecule is N#Cc1cc([N+](=O)[O-])cc2c1OCCN2.N#Cc1ccccc1O. The average Bonchev–Trinajstić information content (AvgIpc) is 2.61. The average molecular weight is 324 g/mol. The molecule has 0 saturated carbocycles. The van der Waals surface area contributed by atoms with Gasteiger partial charge in [0.25, 0.3) is 5.69 Å². The maximum Gasteiger partial charge on any atom is 0.273 e. The number of para-hydroxylation sites is 1. The summed E-state index contributed by atoms with van der Waals surface area (Å²) in [5.41, 5.74) is 0.902. The van der Waals surface area contributed by atoms with E-state index in [0.29, 0.717) is 30.2 Å². The van der Waals surface area contributed by atoms with E-state index in [-0.39, 0.29) is 17.0 Å². The van der Waals surface area contributed by atoms with E-state index in [4.69, 9.17) is 20.4 Å². The number of aromatic hydroxyl groups is 1. The van der Waals surface area contributed by atoms with Crippen LogP contribution in [0.4, 0.5) is 11.4 Å². The lowest BCUT2D eigenvalue weighted by Gasteiger charge is -2.19. The van der Waals surface area contributed by atoms with Gasteiger partial charge in [-0.05, 0) is 12.1 Å². The van der Waals surface area contributed by atoms with Crippen LogP contribution in [0, 0.1) is 32.8 Å². The number of non-ortho nitro benzene ring substituents is 1. The first-order valence-electron chi connectivity index (χ1n) is 6.84. The van der Waals surface area contributed by atoms with Crippen molar-refractivity contribution in [1.82, 2.24) is 0 Å². The monoisotopic (exact) mass is 324 g/mol. The van der Waals surface area contributed by atoms with Crippen LogP contribution in [0.25, 0.3) is 0 Å². The Morgan fingerprint density at radius 2 is 1.92 bits per heavy atom. The van der Waals surface area contributed by atoms with Gasteiger partial charge in [0.1, 0.15) is 30.1 Å². The molecule has 0 spiro atoms. The van der Waals surface area contributed by atoms with Crippen LogP contribution < -0.4 is 10.1 Å². The van der Waals surface area contributed by atoms with Crippen molar-refractivity contribution >= 4 is 11.4 Å². The smallest absolute Gasteiger partial charge is 0.273 e. The number of nitro benzene ring substituents is 1. The van der Waals surface area contributed by atoms with E-state index < -0.39 is 4.92 Å². The summed E-state index contributed by atoms with van der Waals surface area (Å²) in [6.45, 7) is 1.04. The third-order valence-corrected chi connectivity index (χ3v) is 3.09. The van der Waals surface area contributed by atoms with Crippen LogP contribution >= 0.6 is 0 Å². The van der Waals surface area contributed by atoms with E-state index in [0.717, 1.165) is 0 Å². The van der Waals surface area contributed by atoms with Gasteiger partial charge in [-0.25, -0.2) is 0 Å². The number of nitriles is 2. The first-order valence-corrected chi connectivity index (χ1v) is 6.84. The zero-order chi connectivity index (χ0) is 17.5. The Morgan fingerprint density at radius 1 is 1.21 bits per heavy atom. The molecular formula is C16H12N4O4. The normalized spacial score (nSPS) is 11.2. The second kappa shape index (κ2) is 7.47. The molecule has 0 radical (unpaired) electrons. The number of nitrogens with zero attached hydrogens (tertiary/aromatic N) is 3. The van der Waals surface area contributed by atoms with Crippen molar-refractivity contribution in [2.45, 2.75) is 0 Å². The van der Waals surface area contributed by atoms with Crippen molar-refractivity contribution < 1.29 is 14.8 Å². The van der Waals surface area contributed by atoms with Crippen molar-refractivity contribution in [2.75, 3.05) is 18.5 Å². The number of fused-ring (bicyclic) bond motifs is 1. The number of nitro groups is 1. The molecule has 2 aromatic carbocycles. The summed E-state index contributed by atoms with van der Waals surface area (Å²) in [4.78, 5) is 10.1. The second-order valence-electron chi connectivity index (χ2n) is 4.64. The van der Waals surface area contributed by atoms with E-state index in [2.05, 4.69) is 5.32 Å². The maximum atomic E-state index is 10.6. The van der Waals surface area contributed by atoms with Crippen molar-refractivity contribution in [1.29, 1.82) is 10.5 Å². The van der Waals surface area contributed by atoms with Crippen LogP contribution in [-0.4, -0.2) is 23.2 Å². The number of phenols is 1. The van der Waals surface area contributed by atoms with Gasteiger partial charge in [0.2, 0.25) is 0 Å². The fraction of sp³-hybridized carbons (Fsp3) is 0.125. The molecule has 2 aromatic rings. The first kappa shape index (κ1) is 16.6. The molecule has 0 aromatic heterocycles. The zero-order valence-corrected chi connectivity index (χ0v) is 12.4. The Labute approximate surface area is 137 Å². The van der Waals surface area contributed by atoms with E-state index in [9.17, 15) is 10.1 Å². The Bertz CT molecular complexity index is 852. The van der Waals surface area contributed by atoms with Crippen molar-refractivity contribution in [3.8, 4) is 23.6 Å². The molecule has 1 aliphatic rings. The Morgan fingerprint density at radius 3 is 2.50 bits per heavy atom. The van der Waals surface area contributed by atoms with Gasteiger partial charge in [0.15, 0.2) is 5.75 Å². The molecule has 0 atom stereocenters. The van der Waals surface area contributed by atoms with Crippen LogP contribution in [0.5, 0.6) is 11.5 Å². The number of ether oxygens (including phenoxy) is 1. The minimum atomic E-state index is -0.530. The van der Waals surface area contributed by atoms with Crippen LogP contribution in [0.1, 0.15) is 11.1 Å². The highest BCUT2D eigenvalue weighted by Gasteiger charge is 2.19. The lowest BCUT2D eigenvalue weighted by molar-refractivity contribution is -0.384. The number of rotatable bonds is 1.